The number of benzene rings is 2. The number of amides is 1. The van der Waals surface area contributed by atoms with E-state index in [0.717, 1.165) is 39.6 Å². The van der Waals surface area contributed by atoms with E-state index in [4.69, 9.17) is 0 Å². The largest absolute Gasteiger partial charge is 0.416 e. The number of hydrogen-bond acceptors (Lipinski definition) is 5. The summed E-state index contributed by atoms with van der Waals surface area (Å²) in [5.41, 5.74) is 0.765. The van der Waals surface area contributed by atoms with Crippen LogP contribution in [-0.4, -0.2) is 31.4 Å². The third-order valence-corrected chi connectivity index (χ3v) is 5.90. The Kier molecular flexibility index (Phi) is 6.80. The van der Waals surface area contributed by atoms with Crippen LogP contribution in [0.4, 0.5) is 18.9 Å². The number of anilines is 1. The lowest BCUT2D eigenvalue weighted by molar-refractivity contribution is -0.137. The van der Waals surface area contributed by atoms with E-state index in [-0.39, 0.29) is 11.4 Å². The Bertz CT molecular complexity index is 1260. The molecule has 0 radical (unpaired) electrons. The summed E-state index contributed by atoms with van der Waals surface area (Å²) in [6.45, 7) is 0. The van der Waals surface area contributed by atoms with Crippen molar-refractivity contribution in [2.45, 2.75) is 11.3 Å². The summed E-state index contributed by atoms with van der Waals surface area (Å²) in [6, 6.07) is 15.6. The van der Waals surface area contributed by atoms with Gasteiger partial charge in [-0.2, -0.15) is 13.2 Å². The van der Waals surface area contributed by atoms with Gasteiger partial charge in [0, 0.05) is 33.8 Å². The fourth-order valence-corrected chi connectivity index (χ4v) is 3.99. The van der Waals surface area contributed by atoms with Crippen molar-refractivity contribution in [3.8, 4) is 17.1 Å². The molecule has 2 aromatic carbocycles. The van der Waals surface area contributed by atoms with Crippen molar-refractivity contribution in [2.75, 3.05) is 11.1 Å². The molecular weight excluding hydrogens is 519 g/mol. The molecule has 0 saturated carbocycles. The molecule has 6 nitrogen and oxygen atoms in total. The number of halogens is 4. The number of nitrogens with one attached hydrogen (secondary N) is 1. The van der Waals surface area contributed by atoms with Gasteiger partial charge in [0.2, 0.25) is 5.91 Å². The van der Waals surface area contributed by atoms with Gasteiger partial charge in [-0.3, -0.25) is 14.3 Å². The first-order valence-electron chi connectivity index (χ1n) is 9.53. The molecule has 1 N–H and O–H groups in total. The summed E-state index contributed by atoms with van der Waals surface area (Å²) in [5.74, 6) is 0.0108. The molecule has 0 unspecified atom stereocenters. The number of thioether (sulfide) groups is 1. The molecule has 4 rings (SSSR count). The predicted molar refractivity (Wildman–Crippen MR) is 123 cm³/mol. The number of alkyl halides is 3. The number of pyridine rings is 1. The maximum Gasteiger partial charge on any atom is 0.416 e. The van der Waals surface area contributed by atoms with E-state index in [1.54, 1.807) is 23.0 Å². The van der Waals surface area contributed by atoms with Gasteiger partial charge >= 0.3 is 6.18 Å². The minimum atomic E-state index is -4.49. The Morgan fingerprint density at radius 3 is 2.55 bits per heavy atom. The smallest absolute Gasteiger partial charge is 0.325 e. The average molecular weight is 534 g/mol. The quantitative estimate of drug-likeness (QED) is 0.315. The summed E-state index contributed by atoms with van der Waals surface area (Å²) in [7, 11) is 0. The van der Waals surface area contributed by atoms with E-state index in [9.17, 15) is 18.0 Å². The highest BCUT2D eigenvalue weighted by Gasteiger charge is 2.30. The van der Waals surface area contributed by atoms with E-state index >= 15 is 0 Å². The molecule has 2 heterocycles. The Hall–Kier alpha value is -3.18. The molecule has 11 heteroatoms. The number of rotatable bonds is 6. The molecule has 168 valence electrons. The van der Waals surface area contributed by atoms with Gasteiger partial charge in [0.15, 0.2) is 11.0 Å². The van der Waals surface area contributed by atoms with Crippen molar-refractivity contribution in [3.05, 3.63) is 83.1 Å². The first-order chi connectivity index (χ1) is 15.8. The number of nitrogens with zero attached hydrogens (tertiary/aromatic N) is 4. The summed E-state index contributed by atoms with van der Waals surface area (Å²) in [5, 5.41) is 11.4. The third-order valence-electron chi connectivity index (χ3n) is 4.44. The SMILES string of the molecule is O=C(CSc1nnc(-c2cccnc2)n1-c1ccc(Br)cc1)Nc1cccc(C(F)(F)F)c1. The Morgan fingerprint density at radius 2 is 1.85 bits per heavy atom. The van der Waals surface area contributed by atoms with Crippen molar-refractivity contribution >= 4 is 39.3 Å². The first kappa shape index (κ1) is 23.0. The van der Waals surface area contributed by atoms with Crippen molar-refractivity contribution in [1.82, 2.24) is 19.7 Å². The van der Waals surface area contributed by atoms with Crippen molar-refractivity contribution in [1.29, 1.82) is 0 Å². The second kappa shape index (κ2) is 9.75. The third kappa shape index (κ3) is 5.60. The average Bonchev–Trinajstić information content (AvgIpc) is 3.22. The molecule has 0 aliphatic heterocycles. The zero-order chi connectivity index (χ0) is 23.4. The van der Waals surface area contributed by atoms with E-state index in [1.165, 1.54) is 12.1 Å². The van der Waals surface area contributed by atoms with Gasteiger partial charge < -0.3 is 5.32 Å². The van der Waals surface area contributed by atoms with Crippen LogP contribution in [0.5, 0.6) is 0 Å². The van der Waals surface area contributed by atoms with E-state index in [2.05, 4.69) is 36.4 Å². The molecule has 1 amide bonds. The highest BCUT2D eigenvalue weighted by Crippen LogP contribution is 2.31. The molecule has 0 saturated heterocycles. The number of hydrogen-bond donors (Lipinski definition) is 1. The first-order valence-corrected chi connectivity index (χ1v) is 11.3. The maximum absolute atomic E-state index is 12.9. The Balaban J connectivity index is 1.55. The minimum absolute atomic E-state index is 0.0702. The molecule has 0 aliphatic rings. The van der Waals surface area contributed by atoms with Crippen LogP contribution in [0.2, 0.25) is 0 Å². The van der Waals surface area contributed by atoms with Crippen molar-refractivity contribution in [2.24, 2.45) is 0 Å². The lowest BCUT2D eigenvalue weighted by atomic mass is 10.2. The lowest BCUT2D eigenvalue weighted by Gasteiger charge is -2.11. The molecule has 0 atom stereocenters. The van der Waals surface area contributed by atoms with Crippen LogP contribution in [0.3, 0.4) is 0 Å². The standard InChI is InChI=1S/C22H15BrF3N5OS/c23-16-6-8-18(9-7-16)31-20(14-3-2-10-27-12-14)29-30-21(31)33-13-19(32)28-17-5-1-4-15(11-17)22(24,25)26/h1-12H,13H2,(H,28,32). The molecule has 33 heavy (non-hydrogen) atoms. The van der Waals surface area contributed by atoms with Gasteiger partial charge in [-0.05, 0) is 54.6 Å². The van der Waals surface area contributed by atoms with Gasteiger partial charge in [-0.15, -0.1) is 10.2 Å². The minimum Gasteiger partial charge on any atom is -0.325 e. The molecule has 4 aromatic rings. The number of carbonyl (C=O) groups is 1. The van der Waals surface area contributed by atoms with Gasteiger partial charge in [-0.1, -0.05) is 33.8 Å². The van der Waals surface area contributed by atoms with Gasteiger partial charge in [-0.25, -0.2) is 0 Å². The van der Waals surface area contributed by atoms with E-state index in [0.29, 0.717) is 11.0 Å². The zero-order valence-electron chi connectivity index (χ0n) is 16.8. The Morgan fingerprint density at radius 1 is 1.06 bits per heavy atom. The van der Waals surface area contributed by atoms with Crippen LogP contribution in [0.25, 0.3) is 17.1 Å². The molecule has 0 spiro atoms. The van der Waals surface area contributed by atoms with Gasteiger partial charge in [0.1, 0.15) is 0 Å². The van der Waals surface area contributed by atoms with Crippen LogP contribution < -0.4 is 5.32 Å². The molecular formula is C22H15BrF3N5OS. The fraction of sp³-hybridized carbons (Fsp3) is 0.0909. The van der Waals surface area contributed by atoms with E-state index < -0.39 is 17.6 Å². The van der Waals surface area contributed by atoms with Gasteiger partial charge in [0.05, 0.1) is 11.3 Å². The molecule has 0 aliphatic carbocycles. The van der Waals surface area contributed by atoms with Crippen LogP contribution in [-0.2, 0) is 11.0 Å². The number of aromatic nitrogens is 4. The number of carbonyl (C=O) groups excluding carboxylic acids is 1. The maximum atomic E-state index is 12.9. The second-order valence-electron chi connectivity index (χ2n) is 6.78. The van der Waals surface area contributed by atoms with E-state index in [1.807, 2.05) is 30.3 Å². The summed E-state index contributed by atoms with van der Waals surface area (Å²) < 4.78 is 41.4. The van der Waals surface area contributed by atoms with Crippen LogP contribution in [0.1, 0.15) is 5.56 Å². The topological polar surface area (TPSA) is 72.7 Å². The second-order valence-corrected chi connectivity index (χ2v) is 8.63. The highest BCUT2D eigenvalue weighted by atomic mass is 79.9. The molecule has 2 aromatic heterocycles. The fourth-order valence-electron chi connectivity index (χ4n) is 2.97. The van der Waals surface area contributed by atoms with Gasteiger partial charge in [0.25, 0.3) is 0 Å². The lowest BCUT2D eigenvalue weighted by Crippen LogP contribution is -2.15. The predicted octanol–water partition coefficient (Wildman–Crippen LogP) is 5.84. The monoisotopic (exact) mass is 533 g/mol. The normalized spacial score (nSPS) is 11.4. The summed E-state index contributed by atoms with van der Waals surface area (Å²) >= 11 is 4.53. The molecule has 0 fully saturated rings. The van der Waals surface area contributed by atoms with Crippen LogP contribution >= 0.6 is 27.7 Å². The van der Waals surface area contributed by atoms with Crippen molar-refractivity contribution in [3.63, 3.8) is 0 Å². The Labute approximate surface area is 199 Å². The highest BCUT2D eigenvalue weighted by molar-refractivity contribution is 9.10. The van der Waals surface area contributed by atoms with Crippen LogP contribution in [0, 0.1) is 0 Å². The zero-order valence-corrected chi connectivity index (χ0v) is 19.2. The summed E-state index contributed by atoms with van der Waals surface area (Å²) in [6.07, 6.45) is -1.18. The molecule has 0 bridgehead atoms. The summed E-state index contributed by atoms with van der Waals surface area (Å²) in [4.78, 5) is 16.6. The van der Waals surface area contributed by atoms with Crippen molar-refractivity contribution < 1.29 is 18.0 Å². The van der Waals surface area contributed by atoms with Crippen LogP contribution in [0.15, 0.2) is 82.7 Å².